The fourth-order valence-electron chi connectivity index (χ4n) is 1.98. The monoisotopic (exact) mass is 280 g/mol. The fourth-order valence-corrected chi connectivity index (χ4v) is 2.82. The summed E-state index contributed by atoms with van der Waals surface area (Å²) in [7, 11) is 0. The van der Waals surface area contributed by atoms with Crippen LogP contribution in [-0.4, -0.2) is 15.3 Å². The Balaban J connectivity index is 1.81. The number of carbonyl (C=O) groups excluding carboxylic acids is 1. The predicted molar refractivity (Wildman–Crippen MR) is 80.5 cm³/mol. The van der Waals surface area contributed by atoms with Crippen molar-refractivity contribution in [3.63, 3.8) is 0 Å². The van der Waals surface area contributed by atoms with Crippen LogP contribution in [0.3, 0.4) is 0 Å². The molecule has 0 atom stereocenters. The number of aromatic nitrogens is 2. The van der Waals surface area contributed by atoms with Crippen LogP contribution < -0.4 is 0 Å². The van der Waals surface area contributed by atoms with Crippen LogP contribution in [0.1, 0.15) is 5.56 Å². The molecule has 98 valence electrons. The molecular formula is C16H12N2OS. The van der Waals surface area contributed by atoms with E-state index in [9.17, 15) is 4.79 Å². The molecule has 0 saturated carbocycles. The molecule has 0 aliphatic rings. The standard InChI is InChI=1S/C16H12N2OS/c19-15(10-12-6-2-1-3-7-12)20-16-14-9-5-4-8-13(14)11-17-18-16/h1-9,11H,10H2. The number of rotatable bonds is 3. The molecule has 0 radical (unpaired) electrons. The zero-order valence-corrected chi connectivity index (χ0v) is 11.5. The average molecular weight is 280 g/mol. The molecule has 1 heterocycles. The first-order chi connectivity index (χ1) is 9.83. The lowest BCUT2D eigenvalue weighted by atomic mass is 10.2. The summed E-state index contributed by atoms with van der Waals surface area (Å²) in [4.78, 5) is 12.1. The van der Waals surface area contributed by atoms with Crippen LogP contribution >= 0.6 is 11.8 Å². The van der Waals surface area contributed by atoms with Crippen molar-refractivity contribution in [1.29, 1.82) is 0 Å². The summed E-state index contributed by atoms with van der Waals surface area (Å²) in [5.74, 6) is 0. The molecule has 0 fully saturated rings. The van der Waals surface area contributed by atoms with Gasteiger partial charge in [-0.25, -0.2) is 0 Å². The third-order valence-corrected chi connectivity index (χ3v) is 3.81. The van der Waals surface area contributed by atoms with Gasteiger partial charge in [-0.1, -0.05) is 54.6 Å². The first-order valence-corrected chi connectivity index (χ1v) is 7.09. The quantitative estimate of drug-likeness (QED) is 0.689. The number of hydrogen-bond donors (Lipinski definition) is 0. The van der Waals surface area contributed by atoms with Gasteiger partial charge < -0.3 is 0 Å². The van der Waals surface area contributed by atoms with Gasteiger partial charge in [-0.05, 0) is 17.3 Å². The molecule has 3 rings (SSSR count). The Morgan fingerprint density at radius 1 is 1.00 bits per heavy atom. The Labute approximate surface area is 121 Å². The van der Waals surface area contributed by atoms with Crippen molar-refractivity contribution in [3.8, 4) is 0 Å². The van der Waals surface area contributed by atoms with Crippen molar-refractivity contribution in [1.82, 2.24) is 10.2 Å². The summed E-state index contributed by atoms with van der Waals surface area (Å²) in [6.45, 7) is 0. The third-order valence-electron chi connectivity index (χ3n) is 2.94. The molecule has 3 aromatic rings. The van der Waals surface area contributed by atoms with Crippen molar-refractivity contribution in [2.24, 2.45) is 0 Å². The van der Waals surface area contributed by atoms with E-state index < -0.39 is 0 Å². The third kappa shape index (κ3) is 2.86. The van der Waals surface area contributed by atoms with Gasteiger partial charge in [0.05, 0.1) is 6.20 Å². The van der Waals surface area contributed by atoms with Crippen molar-refractivity contribution in [2.75, 3.05) is 0 Å². The minimum atomic E-state index is 0.0712. The molecule has 0 aliphatic heterocycles. The number of benzene rings is 2. The molecule has 0 spiro atoms. The van der Waals surface area contributed by atoms with Gasteiger partial charge in [0.25, 0.3) is 0 Å². The zero-order valence-electron chi connectivity index (χ0n) is 10.7. The lowest BCUT2D eigenvalue weighted by Gasteiger charge is -2.03. The summed E-state index contributed by atoms with van der Waals surface area (Å²) < 4.78 is 0. The van der Waals surface area contributed by atoms with Crippen LogP contribution in [-0.2, 0) is 11.2 Å². The highest BCUT2D eigenvalue weighted by Crippen LogP contribution is 2.26. The van der Waals surface area contributed by atoms with Crippen molar-refractivity contribution in [2.45, 2.75) is 11.4 Å². The Bertz CT molecular complexity index is 738. The number of carbonyl (C=O) groups is 1. The van der Waals surface area contributed by atoms with E-state index in [-0.39, 0.29) is 5.12 Å². The molecular weight excluding hydrogens is 268 g/mol. The van der Waals surface area contributed by atoms with Crippen molar-refractivity contribution >= 4 is 27.6 Å². The lowest BCUT2D eigenvalue weighted by Crippen LogP contribution is -1.99. The summed E-state index contributed by atoms with van der Waals surface area (Å²) in [6.07, 6.45) is 2.11. The normalized spacial score (nSPS) is 10.6. The Morgan fingerprint density at radius 2 is 1.75 bits per heavy atom. The number of thioether (sulfide) groups is 1. The van der Waals surface area contributed by atoms with E-state index >= 15 is 0 Å². The second kappa shape index (κ2) is 5.84. The largest absolute Gasteiger partial charge is 0.286 e. The van der Waals surface area contributed by atoms with Crippen LogP contribution in [0.15, 0.2) is 65.8 Å². The number of hydrogen-bond acceptors (Lipinski definition) is 4. The highest BCUT2D eigenvalue weighted by atomic mass is 32.2. The second-order valence-corrected chi connectivity index (χ2v) is 5.42. The van der Waals surface area contributed by atoms with Gasteiger partial charge in [0.2, 0.25) is 0 Å². The predicted octanol–water partition coefficient (Wildman–Crippen LogP) is 3.49. The van der Waals surface area contributed by atoms with Crippen LogP contribution in [0, 0.1) is 0 Å². The zero-order chi connectivity index (χ0) is 13.8. The van der Waals surface area contributed by atoms with Crippen LogP contribution in [0.25, 0.3) is 10.8 Å². The first-order valence-electron chi connectivity index (χ1n) is 6.28. The molecule has 0 amide bonds. The minimum absolute atomic E-state index is 0.0712. The van der Waals surface area contributed by atoms with Gasteiger partial charge in [-0.15, -0.1) is 5.10 Å². The summed E-state index contributed by atoms with van der Waals surface area (Å²) in [6, 6.07) is 17.5. The summed E-state index contributed by atoms with van der Waals surface area (Å²) in [5, 5.41) is 10.7. The van der Waals surface area contributed by atoms with E-state index in [1.807, 2.05) is 54.6 Å². The second-order valence-electron chi connectivity index (χ2n) is 4.37. The molecule has 1 aromatic heterocycles. The highest BCUT2D eigenvalue weighted by molar-refractivity contribution is 8.13. The van der Waals surface area contributed by atoms with Gasteiger partial charge in [-0.3, -0.25) is 4.79 Å². The van der Waals surface area contributed by atoms with Crippen LogP contribution in [0.5, 0.6) is 0 Å². The molecule has 0 saturated heterocycles. The summed E-state index contributed by atoms with van der Waals surface area (Å²) >= 11 is 1.16. The van der Waals surface area contributed by atoms with Crippen LogP contribution in [0.2, 0.25) is 0 Å². The minimum Gasteiger partial charge on any atom is -0.286 e. The van der Waals surface area contributed by atoms with Gasteiger partial charge >= 0.3 is 0 Å². The number of nitrogens with zero attached hydrogens (tertiary/aromatic N) is 2. The van der Waals surface area contributed by atoms with Gasteiger partial charge in [-0.2, -0.15) is 5.10 Å². The number of fused-ring (bicyclic) bond motifs is 1. The molecule has 20 heavy (non-hydrogen) atoms. The van der Waals surface area contributed by atoms with E-state index in [2.05, 4.69) is 10.2 Å². The van der Waals surface area contributed by atoms with Crippen molar-refractivity contribution < 1.29 is 4.79 Å². The Kier molecular flexibility index (Phi) is 3.74. The van der Waals surface area contributed by atoms with Gasteiger partial charge in [0, 0.05) is 17.2 Å². The highest BCUT2D eigenvalue weighted by Gasteiger charge is 2.10. The molecule has 4 heteroatoms. The van der Waals surface area contributed by atoms with Gasteiger partial charge in [0.15, 0.2) is 5.12 Å². The average Bonchev–Trinajstić information content (AvgIpc) is 2.48. The summed E-state index contributed by atoms with van der Waals surface area (Å²) in [5.41, 5.74) is 1.01. The molecule has 0 N–H and O–H groups in total. The molecule has 2 aromatic carbocycles. The SMILES string of the molecule is O=C(Cc1ccccc1)Sc1nncc2ccccc12. The van der Waals surface area contributed by atoms with E-state index in [1.165, 1.54) is 0 Å². The maximum Gasteiger partial charge on any atom is 0.199 e. The molecule has 3 nitrogen and oxygen atoms in total. The maximum absolute atomic E-state index is 12.1. The Morgan fingerprint density at radius 3 is 2.60 bits per heavy atom. The van der Waals surface area contributed by atoms with Crippen LogP contribution in [0.4, 0.5) is 0 Å². The van der Waals surface area contributed by atoms with E-state index in [0.717, 1.165) is 28.1 Å². The van der Waals surface area contributed by atoms with E-state index in [4.69, 9.17) is 0 Å². The first kappa shape index (κ1) is 12.8. The van der Waals surface area contributed by atoms with E-state index in [1.54, 1.807) is 6.20 Å². The molecule has 0 unspecified atom stereocenters. The topological polar surface area (TPSA) is 42.9 Å². The molecule has 0 bridgehead atoms. The lowest BCUT2D eigenvalue weighted by molar-refractivity contribution is -0.110. The van der Waals surface area contributed by atoms with Gasteiger partial charge in [0.1, 0.15) is 5.03 Å². The molecule has 0 aliphatic carbocycles. The fraction of sp³-hybridized carbons (Fsp3) is 0.0625. The smallest absolute Gasteiger partial charge is 0.199 e. The van der Waals surface area contributed by atoms with E-state index in [0.29, 0.717) is 11.4 Å². The Hall–Kier alpha value is -2.20. The van der Waals surface area contributed by atoms with Crippen molar-refractivity contribution in [3.05, 3.63) is 66.4 Å². The maximum atomic E-state index is 12.1.